The van der Waals surface area contributed by atoms with Crippen molar-refractivity contribution in [3.05, 3.63) is 76.8 Å². The fourth-order valence-corrected chi connectivity index (χ4v) is 2.79. The molecule has 1 amide bonds. The average molecular weight is 363 g/mol. The number of benzene rings is 2. The molecule has 1 aliphatic rings. The number of amides is 1. The van der Waals surface area contributed by atoms with E-state index < -0.39 is 0 Å². The van der Waals surface area contributed by atoms with Gasteiger partial charge in [0.2, 0.25) is 6.79 Å². The summed E-state index contributed by atoms with van der Waals surface area (Å²) in [4.78, 5) is 28.8. The van der Waals surface area contributed by atoms with Gasteiger partial charge in [-0.05, 0) is 18.2 Å². The van der Waals surface area contributed by atoms with Gasteiger partial charge >= 0.3 is 0 Å². The number of hydrogen-bond acceptors (Lipinski definition) is 5. The number of carbonyl (C=O) groups is 1. The molecule has 0 spiro atoms. The van der Waals surface area contributed by atoms with Crippen LogP contribution < -0.4 is 20.3 Å². The minimum atomic E-state index is -0.241. The van der Waals surface area contributed by atoms with E-state index in [4.69, 9.17) is 9.47 Å². The molecule has 0 saturated carbocycles. The van der Waals surface area contributed by atoms with Crippen molar-refractivity contribution in [3.63, 3.8) is 0 Å². The van der Waals surface area contributed by atoms with Gasteiger partial charge in [-0.1, -0.05) is 30.3 Å². The van der Waals surface area contributed by atoms with E-state index in [1.165, 1.54) is 17.0 Å². The van der Waals surface area contributed by atoms with Gasteiger partial charge < -0.3 is 14.8 Å². The Hall–Kier alpha value is -3.61. The lowest BCUT2D eigenvalue weighted by Gasteiger charge is -2.08. The van der Waals surface area contributed by atoms with E-state index in [1.807, 2.05) is 30.3 Å². The molecule has 0 saturated heterocycles. The molecule has 27 heavy (non-hydrogen) atoms. The van der Waals surface area contributed by atoms with Gasteiger partial charge in [-0.15, -0.1) is 0 Å². The Kier molecular flexibility index (Phi) is 4.57. The third-order valence-corrected chi connectivity index (χ3v) is 4.22. The molecule has 0 bridgehead atoms. The van der Waals surface area contributed by atoms with Crippen LogP contribution in [0.1, 0.15) is 10.4 Å². The van der Waals surface area contributed by atoms with Crippen LogP contribution in [0.15, 0.2) is 65.7 Å². The van der Waals surface area contributed by atoms with Gasteiger partial charge in [-0.2, -0.15) is 0 Å². The Morgan fingerprint density at radius 1 is 1.07 bits per heavy atom. The van der Waals surface area contributed by atoms with E-state index in [0.29, 0.717) is 35.8 Å². The lowest BCUT2D eigenvalue weighted by Crippen LogP contribution is -2.30. The predicted molar refractivity (Wildman–Crippen MR) is 98.8 cm³/mol. The zero-order valence-electron chi connectivity index (χ0n) is 14.4. The van der Waals surface area contributed by atoms with Crippen LogP contribution in [0, 0.1) is 0 Å². The summed E-state index contributed by atoms with van der Waals surface area (Å²) < 4.78 is 12.0. The van der Waals surface area contributed by atoms with Crippen molar-refractivity contribution in [1.82, 2.24) is 14.9 Å². The maximum absolute atomic E-state index is 12.3. The smallest absolute Gasteiger partial charge is 0.253 e. The van der Waals surface area contributed by atoms with Crippen molar-refractivity contribution >= 4 is 5.91 Å². The molecule has 7 nitrogen and oxygen atoms in total. The second-order valence-corrected chi connectivity index (χ2v) is 6.00. The molecular weight excluding hydrogens is 346 g/mol. The number of ether oxygens (including phenoxy) is 2. The average Bonchev–Trinajstić information content (AvgIpc) is 3.17. The van der Waals surface area contributed by atoms with Gasteiger partial charge in [0, 0.05) is 30.3 Å². The first-order valence-corrected chi connectivity index (χ1v) is 8.50. The number of hydrogen-bond donors (Lipinski definition) is 1. The van der Waals surface area contributed by atoms with Crippen LogP contribution in [0.2, 0.25) is 0 Å². The summed E-state index contributed by atoms with van der Waals surface area (Å²) in [6.45, 7) is 0.798. The fraction of sp³-hybridized carbons (Fsp3) is 0.150. The zero-order valence-corrected chi connectivity index (χ0v) is 14.4. The molecular formula is C20H17N3O4. The summed E-state index contributed by atoms with van der Waals surface area (Å²) in [7, 11) is 0. The van der Waals surface area contributed by atoms with Crippen LogP contribution in [-0.2, 0) is 6.54 Å². The van der Waals surface area contributed by atoms with E-state index in [1.54, 1.807) is 18.2 Å². The third-order valence-electron chi connectivity index (χ3n) is 4.22. The van der Waals surface area contributed by atoms with Crippen molar-refractivity contribution in [2.45, 2.75) is 6.54 Å². The lowest BCUT2D eigenvalue weighted by atomic mass is 10.1. The zero-order chi connectivity index (χ0) is 18.6. The summed E-state index contributed by atoms with van der Waals surface area (Å²) >= 11 is 0. The Labute approximate surface area is 155 Å². The number of fused-ring (bicyclic) bond motifs is 1. The Morgan fingerprint density at radius 2 is 1.89 bits per heavy atom. The second kappa shape index (κ2) is 7.33. The van der Waals surface area contributed by atoms with Gasteiger partial charge in [0.15, 0.2) is 11.5 Å². The molecule has 1 aromatic heterocycles. The van der Waals surface area contributed by atoms with E-state index in [9.17, 15) is 9.59 Å². The van der Waals surface area contributed by atoms with Gasteiger partial charge in [0.25, 0.3) is 11.5 Å². The first-order valence-electron chi connectivity index (χ1n) is 8.50. The van der Waals surface area contributed by atoms with Gasteiger partial charge in [0.05, 0.1) is 12.0 Å². The molecule has 1 N–H and O–H groups in total. The quantitative estimate of drug-likeness (QED) is 0.750. The highest BCUT2D eigenvalue weighted by Crippen LogP contribution is 2.32. The highest BCUT2D eigenvalue weighted by atomic mass is 16.7. The highest BCUT2D eigenvalue weighted by molar-refractivity contribution is 5.94. The van der Waals surface area contributed by atoms with E-state index in [0.717, 1.165) is 5.56 Å². The molecule has 4 rings (SSSR count). The molecule has 7 heteroatoms. The van der Waals surface area contributed by atoms with Gasteiger partial charge in [-0.25, -0.2) is 4.98 Å². The predicted octanol–water partition coefficient (Wildman–Crippen LogP) is 2.07. The number of rotatable bonds is 5. The standard InChI is InChI=1S/C20H17N3O4/c24-19-11-16(14-4-2-1-3-5-14)22-12-23(19)9-8-21-20(25)15-6-7-17-18(10-15)27-13-26-17/h1-7,10-12H,8-9,13H2,(H,21,25). The fourth-order valence-electron chi connectivity index (χ4n) is 2.79. The summed E-state index contributed by atoms with van der Waals surface area (Å²) in [6, 6.07) is 16.0. The molecule has 0 radical (unpaired) electrons. The summed E-state index contributed by atoms with van der Waals surface area (Å²) in [5.74, 6) is 0.942. The minimum absolute atomic E-state index is 0.162. The lowest BCUT2D eigenvalue weighted by molar-refractivity contribution is 0.0951. The number of nitrogens with one attached hydrogen (secondary N) is 1. The van der Waals surface area contributed by atoms with Crippen LogP contribution in [0.3, 0.4) is 0 Å². The molecule has 0 unspecified atom stereocenters. The van der Waals surface area contributed by atoms with Crippen LogP contribution >= 0.6 is 0 Å². The van der Waals surface area contributed by atoms with Gasteiger partial charge in [0.1, 0.15) is 0 Å². The van der Waals surface area contributed by atoms with Crippen LogP contribution in [0.25, 0.3) is 11.3 Å². The maximum Gasteiger partial charge on any atom is 0.253 e. The number of carbonyl (C=O) groups excluding carboxylic acids is 1. The molecule has 0 aliphatic carbocycles. The topological polar surface area (TPSA) is 82.5 Å². The van der Waals surface area contributed by atoms with Crippen molar-refractivity contribution in [2.75, 3.05) is 13.3 Å². The largest absolute Gasteiger partial charge is 0.454 e. The molecule has 2 aromatic carbocycles. The van der Waals surface area contributed by atoms with Crippen molar-refractivity contribution < 1.29 is 14.3 Å². The van der Waals surface area contributed by atoms with Crippen molar-refractivity contribution in [2.24, 2.45) is 0 Å². The molecule has 2 heterocycles. The molecule has 136 valence electrons. The van der Waals surface area contributed by atoms with Crippen molar-refractivity contribution in [1.29, 1.82) is 0 Å². The number of aromatic nitrogens is 2. The number of nitrogens with zero attached hydrogens (tertiary/aromatic N) is 2. The molecule has 0 fully saturated rings. The van der Waals surface area contributed by atoms with Crippen LogP contribution in [0.5, 0.6) is 11.5 Å². The maximum atomic E-state index is 12.3. The highest BCUT2D eigenvalue weighted by Gasteiger charge is 2.16. The first kappa shape index (κ1) is 16.8. The van der Waals surface area contributed by atoms with E-state index in [2.05, 4.69) is 10.3 Å². The summed E-state index contributed by atoms with van der Waals surface area (Å²) in [6.07, 6.45) is 1.50. The molecule has 1 aliphatic heterocycles. The SMILES string of the molecule is O=C(NCCn1cnc(-c2ccccc2)cc1=O)c1ccc2c(c1)OCO2. The molecule has 3 aromatic rings. The molecule has 0 atom stereocenters. The second-order valence-electron chi connectivity index (χ2n) is 6.00. The van der Waals surface area contributed by atoms with Crippen LogP contribution in [-0.4, -0.2) is 28.8 Å². The van der Waals surface area contributed by atoms with E-state index >= 15 is 0 Å². The Bertz CT molecular complexity index is 1030. The minimum Gasteiger partial charge on any atom is -0.454 e. The Morgan fingerprint density at radius 3 is 2.70 bits per heavy atom. The summed E-state index contributed by atoms with van der Waals surface area (Å²) in [5.41, 5.74) is 1.82. The first-order chi connectivity index (χ1) is 13.2. The monoisotopic (exact) mass is 363 g/mol. The third kappa shape index (κ3) is 3.67. The van der Waals surface area contributed by atoms with Crippen LogP contribution in [0.4, 0.5) is 0 Å². The Balaban J connectivity index is 1.38. The summed E-state index contributed by atoms with van der Waals surface area (Å²) in [5, 5.41) is 2.79. The normalized spacial score (nSPS) is 12.0. The van der Waals surface area contributed by atoms with E-state index in [-0.39, 0.29) is 18.3 Å². The van der Waals surface area contributed by atoms with Crippen molar-refractivity contribution in [3.8, 4) is 22.8 Å². The van der Waals surface area contributed by atoms with Gasteiger partial charge in [-0.3, -0.25) is 14.2 Å².